The molecule has 78 valence electrons. The van der Waals surface area contributed by atoms with Gasteiger partial charge in [0.2, 0.25) is 0 Å². The number of likely N-dealkylation sites (N-methyl/N-ethyl adjacent to an activating group) is 1. The fourth-order valence-electron chi connectivity index (χ4n) is 2.01. The van der Waals surface area contributed by atoms with Crippen molar-refractivity contribution in [2.45, 2.75) is 19.9 Å². The van der Waals surface area contributed by atoms with Crippen molar-refractivity contribution in [1.82, 2.24) is 9.88 Å². The largest absolute Gasteiger partial charge is 0.383 e. The summed E-state index contributed by atoms with van der Waals surface area (Å²) in [6.07, 6.45) is 2.70. The Morgan fingerprint density at radius 2 is 2.47 bits per heavy atom. The minimum Gasteiger partial charge on any atom is -0.383 e. The number of aromatic nitrogens is 1. The Bertz CT molecular complexity index is 419. The first kappa shape index (κ1) is 9.94. The Hall–Kier alpha value is -1.60. The minimum atomic E-state index is 0.362. The average molecular weight is 202 g/mol. The second-order valence-electron chi connectivity index (χ2n) is 3.75. The molecule has 0 aromatic carbocycles. The summed E-state index contributed by atoms with van der Waals surface area (Å²) < 4.78 is 0. The third kappa shape index (κ3) is 1.66. The van der Waals surface area contributed by atoms with Crippen molar-refractivity contribution >= 4 is 5.82 Å². The fraction of sp³-hybridized carbons (Fsp3) is 0.455. The Morgan fingerprint density at radius 1 is 1.67 bits per heavy atom. The predicted octanol–water partition coefficient (Wildman–Crippen LogP) is 0.913. The monoisotopic (exact) mass is 202 g/mol. The van der Waals surface area contributed by atoms with Gasteiger partial charge in [-0.15, -0.1) is 0 Å². The van der Waals surface area contributed by atoms with Gasteiger partial charge in [0.15, 0.2) is 0 Å². The molecule has 1 aromatic heterocycles. The number of hydrogen-bond acceptors (Lipinski definition) is 4. The van der Waals surface area contributed by atoms with Gasteiger partial charge >= 0.3 is 0 Å². The summed E-state index contributed by atoms with van der Waals surface area (Å²) in [4.78, 5) is 6.40. The molecule has 1 aromatic rings. The van der Waals surface area contributed by atoms with Crippen LogP contribution in [0.25, 0.3) is 0 Å². The standard InChI is InChI=1S/C11H14N4/c1-2-15-4-3-9-8(7-15)6-14-11(13)10(9)5-12/h6H,2-4,7H2,1H3,(H2,13,14). The van der Waals surface area contributed by atoms with Crippen LogP contribution in [-0.2, 0) is 13.0 Å². The molecule has 0 unspecified atom stereocenters. The minimum absolute atomic E-state index is 0.362. The predicted molar refractivity (Wildman–Crippen MR) is 58.0 cm³/mol. The van der Waals surface area contributed by atoms with E-state index in [9.17, 15) is 0 Å². The van der Waals surface area contributed by atoms with Crippen LogP contribution in [0.3, 0.4) is 0 Å². The van der Waals surface area contributed by atoms with Crippen molar-refractivity contribution in [3.63, 3.8) is 0 Å². The topological polar surface area (TPSA) is 65.9 Å². The van der Waals surface area contributed by atoms with E-state index in [1.54, 1.807) is 6.20 Å². The lowest BCUT2D eigenvalue weighted by Crippen LogP contribution is -2.31. The molecule has 2 N–H and O–H groups in total. The summed E-state index contributed by atoms with van der Waals surface area (Å²) in [5.41, 5.74) is 8.49. The SMILES string of the molecule is CCN1CCc2c(cnc(N)c2C#N)C1. The van der Waals surface area contributed by atoms with Crippen LogP contribution in [0.5, 0.6) is 0 Å². The lowest BCUT2D eigenvalue weighted by Gasteiger charge is -2.27. The van der Waals surface area contributed by atoms with E-state index < -0.39 is 0 Å². The molecule has 0 saturated carbocycles. The van der Waals surface area contributed by atoms with Crippen molar-refractivity contribution in [3.05, 3.63) is 22.9 Å². The highest BCUT2D eigenvalue weighted by atomic mass is 15.1. The smallest absolute Gasteiger partial charge is 0.141 e. The van der Waals surface area contributed by atoms with Gasteiger partial charge in [0.1, 0.15) is 11.9 Å². The number of rotatable bonds is 1. The summed E-state index contributed by atoms with van der Waals surface area (Å²) in [6.45, 7) is 5.06. The maximum atomic E-state index is 9.01. The Labute approximate surface area is 89.3 Å². The van der Waals surface area contributed by atoms with Crippen molar-refractivity contribution in [2.75, 3.05) is 18.8 Å². The first-order valence-corrected chi connectivity index (χ1v) is 5.15. The normalized spacial score (nSPS) is 15.7. The van der Waals surface area contributed by atoms with Crippen LogP contribution in [0.15, 0.2) is 6.20 Å². The number of hydrogen-bond donors (Lipinski definition) is 1. The van der Waals surface area contributed by atoms with Gasteiger partial charge in [0.25, 0.3) is 0 Å². The summed E-state index contributed by atoms with van der Waals surface area (Å²) in [5.74, 6) is 0.362. The molecule has 0 radical (unpaired) electrons. The Balaban J connectivity index is 2.43. The molecule has 0 amide bonds. The van der Waals surface area contributed by atoms with Crippen LogP contribution < -0.4 is 5.73 Å². The zero-order valence-corrected chi connectivity index (χ0v) is 8.82. The average Bonchev–Trinajstić information content (AvgIpc) is 2.28. The summed E-state index contributed by atoms with van der Waals surface area (Å²) >= 11 is 0. The van der Waals surface area contributed by atoms with E-state index in [0.29, 0.717) is 11.4 Å². The van der Waals surface area contributed by atoms with E-state index in [1.165, 1.54) is 0 Å². The van der Waals surface area contributed by atoms with Gasteiger partial charge in [-0.1, -0.05) is 6.92 Å². The second-order valence-corrected chi connectivity index (χ2v) is 3.75. The molecule has 4 heteroatoms. The van der Waals surface area contributed by atoms with Crippen LogP contribution in [0.1, 0.15) is 23.6 Å². The number of pyridine rings is 1. The number of nitrogen functional groups attached to an aromatic ring is 1. The number of nitrogens with two attached hydrogens (primary N) is 1. The van der Waals surface area contributed by atoms with Crippen LogP contribution in [-0.4, -0.2) is 23.0 Å². The molecule has 1 aliphatic rings. The summed E-state index contributed by atoms with van der Waals surface area (Å²) in [7, 11) is 0. The van der Waals surface area contributed by atoms with Gasteiger partial charge in [-0.05, 0) is 24.1 Å². The summed E-state index contributed by atoms with van der Waals surface area (Å²) in [6, 6.07) is 2.15. The number of anilines is 1. The van der Waals surface area contributed by atoms with Crippen LogP contribution in [0.2, 0.25) is 0 Å². The Morgan fingerprint density at radius 3 is 3.13 bits per heavy atom. The van der Waals surface area contributed by atoms with E-state index in [2.05, 4.69) is 22.9 Å². The van der Waals surface area contributed by atoms with Crippen molar-refractivity contribution < 1.29 is 0 Å². The molecular weight excluding hydrogens is 188 g/mol. The van der Waals surface area contributed by atoms with Gasteiger partial charge in [0.05, 0.1) is 5.56 Å². The molecule has 0 atom stereocenters. The van der Waals surface area contributed by atoms with E-state index >= 15 is 0 Å². The van der Waals surface area contributed by atoms with E-state index in [4.69, 9.17) is 11.0 Å². The molecular formula is C11H14N4. The maximum Gasteiger partial charge on any atom is 0.141 e. The quantitative estimate of drug-likeness (QED) is 0.735. The lowest BCUT2D eigenvalue weighted by molar-refractivity contribution is 0.267. The summed E-state index contributed by atoms with van der Waals surface area (Å²) in [5, 5.41) is 9.01. The van der Waals surface area contributed by atoms with Gasteiger partial charge in [-0.2, -0.15) is 5.26 Å². The van der Waals surface area contributed by atoms with Crippen molar-refractivity contribution in [1.29, 1.82) is 5.26 Å². The number of fused-ring (bicyclic) bond motifs is 1. The first-order chi connectivity index (χ1) is 7.26. The van der Waals surface area contributed by atoms with Crippen LogP contribution in [0.4, 0.5) is 5.82 Å². The zero-order valence-electron chi connectivity index (χ0n) is 8.82. The third-order valence-corrected chi connectivity index (χ3v) is 2.94. The van der Waals surface area contributed by atoms with Crippen molar-refractivity contribution in [3.8, 4) is 6.07 Å². The zero-order chi connectivity index (χ0) is 10.8. The van der Waals surface area contributed by atoms with Crippen molar-refractivity contribution in [2.24, 2.45) is 0 Å². The molecule has 0 saturated heterocycles. The highest BCUT2D eigenvalue weighted by molar-refractivity contribution is 5.55. The third-order valence-electron chi connectivity index (χ3n) is 2.94. The highest BCUT2D eigenvalue weighted by Gasteiger charge is 2.19. The molecule has 0 bridgehead atoms. The Kier molecular flexibility index (Phi) is 2.57. The van der Waals surface area contributed by atoms with Crippen LogP contribution >= 0.6 is 0 Å². The maximum absolute atomic E-state index is 9.01. The molecule has 15 heavy (non-hydrogen) atoms. The molecule has 2 rings (SSSR count). The number of nitriles is 1. The highest BCUT2D eigenvalue weighted by Crippen LogP contribution is 2.24. The molecule has 2 heterocycles. The first-order valence-electron chi connectivity index (χ1n) is 5.15. The molecule has 4 nitrogen and oxygen atoms in total. The van der Waals surface area contributed by atoms with E-state index in [1.807, 2.05) is 0 Å². The van der Waals surface area contributed by atoms with Gasteiger partial charge in [-0.3, -0.25) is 4.90 Å². The number of nitrogens with zero attached hydrogens (tertiary/aromatic N) is 3. The van der Waals surface area contributed by atoms with Crippen LogP contribution in [0, 0.1) is 11.3 Å². The van der Waals surface area contributed by atoms with Gasteiger partial charge < -0.3 is 5.73 Å². The molecule has 0 spiro atoms. The van der Waals surface area contributed by atoms with Gasteiger partial charge in [0, 0.05) is 19.3 Å². The lowest BCUT2D eigenvalue weighted by atomic mass is 9.97. The van der Waals surface area contributed by atoms with E-state index in [-0.39, 0.29) is 0 Å². The fourth-order valence-corrected chi connectivity index (χ4v) is 2.01. The van der Waals surface area contributed by atoms with E-state index in [0.717, 1.165) is 37.2 Å². The molecule has 0 aliphatic carbocycles. The second kappa shape index (κ2) is 3.87. The molecule has 0 fully saturated rings. The molecule has 1 aliphatic heterocycles. The van der Waals surface area contributed by atoms with Gasteiger partial charge in [-0.25, -0.2) is 4.98 Å².